The van der Waals surface area contributed by atoms with Crippen LogP contribution >= 0.6 is 0 Å². The van der Waals surface area contributed by atoms with Crippen LogP contribution < -0.4 is 0 Å². The Labute approximate surface area is 170 Å². The zero-order valence-corrected chi connectivity index (χ0v) is 18.1. The molecule has 1 aromatic carbocycles. The summed E-state index contributed by atoms with van der Waals surface area (Å²) in [5.74, 6) is -1.87. The highest BCUT2D eigenvalue weighted by molar-refractivity contribution is 6.03. The fourth-order valence-electron chi connectivity index (χ4n) is 4.33. The lowest BCUT2D eigenvalue weighted by molar-refractivity contribution is 0.0649. The van der Waals surface area contributed by atoms with Gasteiger partial charge >= 0.3 is 11.9 Å². The van der Waals surface area contributed by atoms with Crippen LogP contribution in [0.25, 0.3) is 0 Å². The Morgan fingerprint density at radius 2 is 1.29 bits per heavy atom. The van der Waals surface area contributed by atoms with Gasteiger partial charge in [0.2, 0.25) is 0 Å². The van der Waals surface area contributed by atoms with Crippen LogP contribution in [0.4, 0.5) is 0 Å². The van der Waals surface area contributed by atoms with E-state index in [9.17, 15) is 19.8 Å². The number of aromatic carboxylic acids is 2. The van der Waals surface area contributed by atoms with Crippen LogP contribution in [0.1, 0.15) is 136 Å². The molecule has 158 valence electrons. The molecule has 2 atom stereocenters. The van der Waals surface area contributed by atoms with E-state index in [1.54, 1.807) is 0 Å². The smallest absolute Gasteiger partial charge is 0.336 e. The van der Waals surface area contributed by atoms with Gasteiger partial charge in [0.1, 0.15) is 0 Å². The first kappa shape index (κ1) is 24.2. The summed E-state index contributed by atoms with van der Waals surface area (Å²) in [5.41, 5.74) is 1.83. The molecular formula is C24H38O4. The molecule has 0 amide bonds. The number of carboxylic acids is 2. The molecule has 0 saturated heterocycles. The normalized spacial score (nSPS) is 13.3. The van der Waals surface area contributed by atoms with Gasteiger partial charge in [-0.2, -0.15) is 0 Å². The highest BCUT2D eigenvalue weighted by Crippen LogP contribution is 2.40. The van der Waals surface area contributed by atoms with Crippen molar-refractivity contribution in [3.8, 4) is 0 Å². The molecule has 28 heavy (non-hydrogen) atoms. The number of benzene rings is 1. The third kappa shape index (κ3) is 6.35. The number of hydrogen-bond acceptors (Lipinski definition) is 2. The molecular weight excluding hydrogens is 352 g/mol. The third-order valence-corrected chi connectivity index (χ3v) is 5.66. The van der Waals surface area contributed by atoms with E-state index in [1.807, 2.05) is 6.07 Å². The summed E-state index contributed by atoms with van der Waals surface area (Å²) in [6.07, 6.45) is 10.1. The maximum absolute atomic E-state index is 12.2. The van der Waals surface area contributed by atoms with Gasteiger partial charge in [-0.25, -0.2) is 9.59 Å². The molecule has 0 aliphatic heterocycles. The second-order valence-electron chi connectivity index (χ2n) is 7.86. The van der Waals surface area contributed by atoms with Gasteiger partial charge in [-0.1, -0.05) is 72.3 Å². The molecule has 0 bridgehead atoms. The lowest BCUT2D eigenvalue weighted by Crippen LogP contribution is -2.18. The topological polar surface area (TPSA) is 74.6 Å². The Morgan fingerprint density at radius 1 is 0.750 bits per heavy atom. The highest BCUT2D eigenvalue weighted by Gasteiger charge is 2.29. The maximum Gasteiger partial charge on any atom is 0.336 e. The molecule has 0 radical (unpaired) electrons. The maximum atomic E-state index is 12.2. The Hall–Kier alpha value is -1.84. The zero-order chi connectivity index (χ0) is 21.1. The molecule has 0 saturated carbocycles. The van der Waals surface area contributed by atoms with Crippen molar-refractivity contribution >= 4 is 11.9 Å². The monoisotopic (exact) mass is 390 g/mol. The van der Waals surface area contributed by atoms with Gasteiger partial charge in [0.25, 0.3) is 0 Å². The fourth-order valence-corrected chi connectivity index (χ4v) is 4.33. The first-order valence-electron chi connectivity index (χ1n) is 11.1. The lowest BCUT2D eigenvalue weighted by atomic mass is 9.76. The van der Waals surface area contributed by atoms with Crippen molar-refractivity contribution in [2.75, 3.05) is 0 Å². The lowest BCUT2D eigenvalue weighted by Gasteiger charge is -2.28. The first-order valence-corrected chi connectivity index (χ1v) is 11.1. The minimum atomic E-state index is -1.16. The van der Waals surface area contributed by atoms with Gasteiger partial charge < -0.3 is 10.2 Å². The summed E-state index contributed by atoms with van der Waals surface area (Å²) in [7, 11) is 0. The van der Waals surface area contributed by atoms with Crippen molar-refractivity contribution in [1.82, 2.24) is 0 Å². The van der Waals surface area contributed by atoms with Crippen molar-refractivity contribution in [1.29, 1.82) is 0 Å². The number of unbranched alkanes of at least 4 members (excludes halogenated alkanes) is 2. The molecule has 2 N–H and O–H groups in total. The molecule has 1 rings (SSSR count). The molecule has 4 heteroatoms. The Bertz CT molecular complexity index is 636. The number of carbonyl (C=O) groups is 2. The summed E-state index contributed by atoms with van der Waals surface area (Å²) in [6.45, 7) is 8.57. The predicted octanol–water partition coefficient (Wildman–Crippen LogP) is 7.23. The molecule has 4 nitrogen and oxygen atoms in total. The predicted molar refractivity (Wildman–Crippen MR) is 115 cm³/mol. The van der Waals surface area contributed by atoms with E-state index in [0.29, 0.717) is 5.92 Å². The van der Waals surface area contributed by atoms with E-state index in [4.69, 9.17) is 0 Å². The van der Waals surface area contributed by atoms with Crippen molar-refractivity contribution in [2.45, 2.75) is 104 Å². The van der Waals surface area contributed by atoms with Crippen molar-refractivity contribution < 1.29 is 19.8 Å². The molecule has 1 aromatic rings. The van der Waals surface area contributed by atoms with Crippen molar-refractivity contribution in [2.24, 2.45) is 0 Å². The molecule has 0 aromatic heterocycles. The minimum absolute atomic E-state index is 0.0251. The number of hydrogen-bond donors (Lipinski definition) is 2. The van der Waals surface area contributed by atoms with Gasteiger partial charge in [0, 0.05) is 0 Å². The van der Waals surface area contributed by atoms with Crippen LogP contribution in [0.15, 0.2) is 12.1 Å². The largest absolute Gasteiger partial charge is 0.478 e. The van der Waals surface area contributed by atoms with E-state index in [2.05, 4.69) is 27.7 Å². The number of rotatable bonds is 14. The van der Waals surface area contributed by atoms with E-state index in [0.717, 1.165) is 75.3 Å². The standard InChI is InChI=1S/C24H38O4/c1-5-9-13-17(11-7-3)19-15-16-20(23(25)26)22(24(27)28)21(19)18(12-8-4)14-10-6-2/h15-18H,5-14H2,1-4H3,(H,25,26)(H,27,28). The average Bonchev–Trinajstić information content (AvgIpc) is 2.67. The van der Waals surface area contributed by atoms with Gasteiger partial charge in [0.15, 0.2) is 0 Å². The van der Waals surface area contributed by atoms with E-state index in [-0.39, 0.29) is 17.0 Å². The second kappa shape index (κ2) is 12.6. The summed E-state index contributed by atoms with van der Waals surface area (Å²) >= 11 is 0. The summed E-state index contributed by atoms with van der Waals surface area (Å²) in [6, 6.07) is 3.43. The van der Waals surface area contributed by atoms with Gasteiger partial charge in [-0.3, -0.25) is 0 Å². The second-order valence-corrected chi connectivity index (χ2v) is 7.86. The molecule has 0 aliphatic rings. The van der Waals surface area contributed by atoms with Crippen LogP contribution in [-0.2, 0) is 0 Å². The Balaban J connectivity index is 3.70. The van der Waals surface area contributed by atoms with Crippen LogP contribution in [0.5, 0.6) is 0 Å². The molecule has 2 unspecified atom stereocenters. The Morgan fingerprint density at radius 3 is 1.75 bits per heavy atom. The third-order valence-electron chi connectivity index (χ3n) is 5.66. The minimum Gasteiger partial charge on any atom is -0.478 e. The van der Waals surface area contributed by atoms with Crippen LogP contribution in [0.3, 0.4) is 0 Å². The van der Waals surface area contributed by atoms with Gasteiger partial charge in [-0.15, -0.1) is 0 Å². The van der Waals surface area contributed by atoms with Crippen molar-refractivity contribution in [3.05, 3.63) is 34.4 Å². The quantitative estimate of drug-likeness (QED) is 0.351. The van der Waals surface area contributed by atoms with E-state index < -0.39 is 11.9 Å². The number of carboxylic acid groups (broad SMARTS) is 2. The highest BCUT2D eigenvalue weighted by atomic mass is 16.4. The van der Waals surface area contributed by atoms with Crippen LogP contribution in [-0.4, -0.2) is 22.2 Å². The van der Waals surface area contributed by atoms with E-state index >= 15 is 0 Å². The summed E-state index contributed by atoms with van der Waals surface area (Å²) < 4.78 is 0. The van der Waals surface area contributed by atoms with Crippen LogP contribution in [0.2, 0.25) is 0 Å². The van der Waals surface area contributed by atoms with E-state index in [1.165, 1.54) is 6.07 Å². The Kier molecular flexibility index (Phi) is 10.9. The summed E-state index contributed by atoms with van der Waals surface area (Å²) in [4.78, 5) is 24.0. The van der Waals surface area contributed by atoms with Gasteiger partial charge in [0.05, 0.1) is 11.1 Å². The van der Waals surface area contributed by atoms with Crippen LogP contribution in [0, 0.1) is 0 Å². The summed E-state index contributed by atoms with van der Waals surface area (Å²) in [5, 5.41) is 19.6. The van der Waals surface area contributed by atoms with Crippen molar-refractivity contribution in [3.63, 3.8) is 0 Å². The molecule has 0 aliphatic carbocycles. The molecule has 0 heterocycles. The SMILES string of the molecule is CCCCC(CCC)c1ccc(C(=O)O)c(C(=O)O)c1C(CCC)CCCC. The zero-order valence-electron chi connectivity index (χ0n) is 18.1. The molecule has 0 fully saturated rings. The molecule has 0 spiro atoms. The fraction of sp³-hybridized carbons (Fsp3) is 0.667. The van der Waals surface area contributed by atoms with Gasteiger partial charge in [-0.05, 0) is 54.7 Å². The first-order chi connectivity index (χ1) is 13.4. The average molecular weight is 391 g/mol.